The van der Waals surface area contributed by atoms with E-state index in [1.807, 2.05) is 0 Å². The van der Waals surface area contributed by atoms with Gasteiger partial charge in [-0.15, -0.1) is 13.2 Å². The first-order valence-electron chi connectivity index (χ1n) is 4.30. The van der Waals surface area contributed by atoms with Crippen molar-refractivity contribution in [2.24, 2.45) is 0 Å². The standard InChI is InChI=1S/C8H7ClF3NO4S/c1-4-5(16-2)3-6(18(9,14)15)13-7(4)17-8(10,11)12/h3H,1-2H3. The summed E-state index contributed by atoms with van der Waals surface area (Å²) in [5.41, 5.74) is -0.0982. The molecule has 1 aromatic rings. The maximum atomic E-state index is 12.1. The topological polar surface area (TPSA) is 65.5 Å². The molecular weight excluding hydrogens is 299 g/mol. The van der Waals surface area contributed by atoms with Gasteiger partial charge >= 0.3 is 6.36 Å². The summed E-state index contributed by atoms with van der Waals surface area (Å²) >= 11 is 0. The molecule has 1 aromatic heterocycles. The zero-order valence-corrected chi connectivity index (χ0v) is 10.7. The predicted octanol–water partition coefficient (Wildman–Crippen LogP) is 2.22. The summed E-state index contributed by atoms with van der Waals surface area (Å²) in [6.45, 7) is 1.23. The number of aromatic nitrogens is 1. The van der Waals surface area contributed by atoms with Crippen LogP contribution in [0.3, 0.4) is 0 Å². The molecule has 0 aromatic carbocycles. The highest BCUT2D eigenvalue weighted by atomic mass is 35.7. The Morgan fingerprint density at radius 1 is 1.39 bits per heavy atom. The summed E-state index contributed by atoms with van der Waals surface area (Å²) in [6, 6.07) is 0.904. The maximum absolute atomic E-state index is 12.1. The number of pyridine rings is 1. The highest BCUT2D eigenvalue weighted by Crippen LogP contribution is 2.32. The van der Waals surface area contributed by atoms with Crippen LogP contribution in [0.25, 0.3) is 0 Å². The number of nitrogens with zero attached hydrogens (tertiary/aromatic N) is 1. The van der Waals surface area contributed by atoms with Gasteiger partial charge < -0.3 is 9.47 Å². The zero-order valence-electron chi connectivity index (χ0n) is 9.08. The Labute approximate surface area is 105 Å². The zero-order chi connectivity index (χ0) is 14.1. The van der Waals surface area contributed by atoms with Gasteiger partial charge in [-0.2, -0.15) is 4.98 Å². The van der Waals surface area contributed by atoms with Crippen LogP contribution in [0.5, 0.6) is 11.6 Å². The number of halogens is 4. The second-order valence-corrected chi connectivity index (χ2v) is 5.59. The molecule has 10 heteroatoms. The number of rotatable bonds is 3. The Bertz CT molecular complexity index is 558. The lowest BCUT2D eigenvalue weighted by atomic mass is 10.3. The van der Waals surface area contributed by atoms with Crippen molar-refractivity contribution in [3.63, 3.8) is 0 Å². The van der Waals surface area contributed by atoms with Crippen LogP contribution >= 0.6 is 10.7 Å². The molecule has 0 radical (unpaired) electrons. The normalized spacial score (nSPS) is 12.3. The van der Waals surface area contributed by atoms with E-state index in [-0.39, 0.29) is 11.3 Å². The second-order valence-electron chi connectivity index (χ2n) is 3.08. The second kappa shape index (κ2) is 4.81. The van der Waals surface area contributed by atoms with E-state index in [0.29, 0.717) is 0 Å². The van der Waals surface area contributed by atoms with Crippen molar-refractivity contribution < 1.29 is 31.1 Å². The van der Waals surface area contributed by atoms with Gasteiger partial charge in [-0.25, -0.2) is 8.42 Å². The SMILES string of the molecule is COc1cc(S(=O)(=O)Cl)nc(OC(F)(F)F)c1C. The first kappa shape index (κ1) is 14.8. The molecule has 18 heavy (non-hydrogen) atoms. The molecule has 0 unspecified atom stereocenters. The lowest BCUT2D eigenvalue weighted by Gasteiger charge is -2.13. The van der Waals surface area contributed by atoms with Gasteiger partial charge in [-0.3, -0.25) is 0 Å². The molecule has 0 aliphatic carbocycles. The lowest BCUT2D eigenvalue weighted by Crippen LogP contribution is -2.19. The van der Waals surface area contributed by atoms with Gasteiger partial charge in [0.1, 0.15) is 5.75 Å². The Morgan fingerprint density at radius 2 is 1.94 bits per heavy atom. The highest BCUT2D eigenvalue weighted by molar-refractivity contribution is 8.13. The molecule has 5 nitrogen and oxygen atoms in total. The molecule has 1 heterocycles. The largest absolute Gasteiger partial charge is 0.574 e. The summed E-state index contributed by atoms with van der Waals surface area (Å²) < 4.78 is 66.7. The van der Waals surface area contributed by atoms with Crippen LogP contribution in [-0.2, 0) is 9.05 Å². The molecule has 0 aliphatic heterocycles. The fourth-order valence-electron chi connectivity index (χ4n) is 1.09. The molecule has 0 saturated heterocycles. The Hall–Kier alpha value is -1.22. The third-order valence-corrected chi connectivity index (χ3v) is 3.02. The van der Waals surface area contributed by atoms with E-state index >= 15 is 0 Å². The monoisotopic (exact) mass is 305 g/mol. The average molecular weight is 306 g/mol. The number of alkyl halides is 3. The number of hydrogen-bond donors (Lipinski definition) is 0. The van der Waals surface area contributed by atoms with Crippen molar-refractivity contribution in [3.8, 4) is 11.6 Å². The third-order valence-electron chi connectivity index (χ3n) is 1.84. The Morgan fingerprint density at radius 3 is 2.33 bits per heavy atom. The molecule has 0 spiro atoms. The van der Waals surface area contributed by atoms with E-state index in [9.17, 15) is 21.6 Å². The first-order valence-corrected chi connectivity index (χ1v) is 6.61. The van der Waals surface area contributed by atoms with Crippen LogP contribution in [0.4, 0.5) is 13.2 Å². The summed E-state index contributed by atoms with van der Waals surface area (Å²) in [5.74, 6) is -1.07. The minimum Gasteiger partial charge on any atom is -0.496 e. The van der Waals surface area contributed by atoms with Crippen LogP contribution in [0.1, 0.15) is 5.56 Å². The number of methoxy groups -OCH3 is 1. The molecule has 0 bridgehead atoms. The van der Waals surface area contributed by atoms with Crippen molar-refractivity contribution in [2.45, 2.75) is 18.3 Å². The van der Waals surface area contributed by atoms with E-state index in [1.54, 1.807) is 0 Å². The van der Waals surface area contributed by atoms with Crippen molar-refractivity contribution in [1.82, 2.24) is 4.98 Å². The van der Waals surface area contributed by atoms with Gasteiger partial charge in [0.2, 0.25) is 5.88 Å². The van der Waals surface area contributed by atoms with Crippen molar-refractivity contribution >= 4 is 19.7 Å². The van der Waals surface area contributed by atoms with Crippen LogP contribution in [0.15, 0.2) is 11.1 Å². The van der Waals surface area contributed by atoms with Crippen molar-refractivity contribution in [3.05, 3.63) is 11.6 Å². The maximum Gasteiger partial charge on any atom is 0.574 e. The molecule has 0 saturated carbocycles. The third kappa shape index (κ3) is 3.64. The lowest BCUT2D eigenvalue weighted by molar-refractivity contribution is -0.276. The molecule has 0 N–H and O–H groups in total. The Kier molecular flexibility index (Phi) is 3.96. The fourth-order valence-corrected chi connectivity index (χ4v) is 1.76. The first-order chi connectivity index (χ1) is 8.04. The average Bonchev–Trinajstić information content (AvgIpc) is 2.17. The van der Waals surface area contributed by atoms with Crippen LogP contribution in [0.2, 0.25) is 0 Å². The van der Waals surface area contributed by atoms with E-state index in [2.05, 4.69) is 9.72 Å². The highest BCUT2D eigenvalue weighted by Gasteiger charge is 2.34. The van der Waals surface area contributed by atoms with Gasteiger partial charge in [0.15, 0.2) is 5.03 Å². The summed E-state index contributed by atoms with van der Waals surface area (Å²) in [5, 5.41) is -0.786. The quantitative estimate of drug-likeness (QED) is 0.801. The summed E-state index contributed by atoms with van der Waals surface area (Å²) in [7, 11) is 1.86. The van der Waals surface area contributed by atoms with E-state index in [4.69, 9.17) is 15.4 Å². The van der Waals surface area contributed by atoms with Gasteiger partial charge in [0.05, 0.1) is 12.7 Å². The smallest absolute Gasteiger partial charge is 0.496 e. The van der Waals surface area contributed by atoms with E-state index in [1.165, 1.54) is 6.92 Å². The molecule has 0 aliphatic rings. The predicted molar refractivity (Wildman–Crippen MR) is 55.2 cm³/mol. The summed E-state index contributed by atoms with van der Waals surface area (Å²) in [4.78, 5) is 3.20. The Balaban J connectivity index is 3.42. The number of hydrogen-bond acceptors (Lipinski definition) is 5. The molecule has 102 valence electrons. The molecule has 0 amide bonds. The molecule has 1 rings (SSSR count). The number of ether oxygens (including phenoxy) is 2. The molecular formula is C8H7ClF3NO4S. The van der Waals surface area contributed by atoms with Crippen molar-refractivity contribution in [2.75, 3.05) is 7.11 Å². The molecule has 0 fully saturated rings. The molecule has 0 atom stereocenters. The van der Waals surface area contributed by atoms with Crippen LogP contribution < -0.4 is 9.47 Å². The van der Waals surface area contributed by atoms with Crippen LogP contribution in [0, 0.1) is 6.92 Å². The van der Waals surface area contributed by atoms with E-state index < -0.39 is 26.3 Å². The summed E-state index contributed by atoms with van der Waals surface area (Å²) in [6.07, 6.45) is -5.00. The van der Waals surface area contributed by atoms with Crippen molar-refractivity contribution in [1.29, 1.82) is 0 Å². The van der Waals surface area contributed by atoms with Gasteiger partial charge in [0, 0.05) is 16.7 Å². The van der Waals surface area contributed by atoms with Gasteiger partial charge in [0.25, 0.3) is 9.05 Å². The van der Waals surface area contributed by atoms with Crippen LogP contribution in [-0.4, -0.2) is 26.9 Å². The fraction of sp³-hybridized carbons (Fsp3) is 0.375. The minimum absolute atomic E-state index is 0.0982. The minimum atomic E-state index is -5.00. The van der Waals surface area contributed by atoms with Gasteiger partial charge in [-0.05, 0) is 6.92 Å². The van der Waals surface area contributed by atoms with Gasteiger partial charge in [-0.1, -0.05) is 0 Å². The van der Waals surface area contributed by atoms with E-state index in [0.717, 1.165) is 13.2 Å².